The molecule has 1 rings (SSSR count). The molecule has 0 saturated heterocycles. The van der Waals surface area contributed by atoms with Gasteiger partial charge in [0, 0.05) is 12.4 Å². The Kier molecular flexibility index (Phi) is 4.09. The first-order chi connectivity index (χ1) is 6.90. The number of rotatable bonds is 5. The van der Waals surface area contributed by atoms with Gasteiger partial charge in [0.25, 0.3) is 0 Å². The summed E-state index contributed by atoms with van der Waals surface area (Å²) in [6, 6.07) is 1.56. The molecule has 0 atom stereocenters. The number of hydrogen-bond acceptors (Lipinski definition) is 4. The predicted molar refractivity (Wildman–Crippen MR) is 61.4 cm³/mol. The smallest absolute Gasteiger partial charge is 0.422 e. The minimum Gasteiger partial charge on any atom is -0.422 e. The lowest BCUT2D eigenvalue weighted by molar-refractivity contribution is 0.101. The van der Waals surface area contributed by atoms with E-state index in [9.17, 15) is 0 Å². The topological polar surface area (TPSA) is 67.5 Å². The predicted octanol–water partition coefficient (Wildman–Crippen LogP) is -0.586. The highest BCUT2D eigenvalue weighted by molar-refractivity contribution is 6.76. The van der Waals surface area contributed by atoms with Crippen molar-refractivity contribution in [2.24, 2.45) is 0 Å². The molecular weight excluding hydrogens is 211 g/mol. The number of aromatic nitrogens is 2. The summed E-state index contributed by atoms with van der Waals surface area (Å²) in [6.45, 7) is 6.89. The average Bonchev–Trinajstić information content (AvgIpc) is 2.49. The highest BCUT2D eigenvalue weighted by Gasteiger charge is 2.18. The summed E-state index contributed by atoms with van der Waals surface area (Å²) in [5.74, 6) is 0. The summed E-state index contributed by atoms with van der Waals surface area (Å²) in [7, 11) is -2.72. The lowest BCUT2D eigenvalue weighted by Crippen LogP contribution is -2.38. The molecule has 0 unspecified atom stereocenters. The summed E-state index contributed by atoms with van der Waals surface area (Å²) in [5, 5.41) is 21.9. The summed E-state index contributed by atoms with van der Waals surface area (Å²) >= 11 is 0. The second kappa shape index (κ2) is 4.93. The molecule has 2 N–H and O–H groups in total. The van der Waals surface area contributed by atoms with Gasteiger partial charge in [-0.25, -0.2) is 4.68 Å². The molecule has 1 heterocycles. The fourth-order valence-corrected chi connectivity index (χ4v) is 1.81. The minimum absolute atomic E-state index is 0.268. The van der Waals surface area contributed by atoms with E-state index in [1.165, 1.54) is 10.9 Å². The third-order valence-corrected chi connectivity index (χ3v) is 2.83. The van der Waals surface area contributed by atoms with Gasteiger partial charge in [0.15, 0.2) is 0 Å². The first-order valence-electron chi connectivity index (χ1n) is 4.86. The molecule has 0 aromatic carbocycles. The van der Waals surface area contributed by atoms with Crippen LogP contribution in [-0.4, -0.2) is 41.3 Å². The van der Waals surface area contributed by atoms with Gasteiger partial charge in [-0.2, -0.15) is 5.10 Å². The van der Waals surface area contributed by atoms with Crippen LogP contribution in [0.2, 0.25) is 19.6 Å². The highest BCUT2D eigenvalue weighted by Crippen LogP contribution is 2.00. The molecule has 84 valence electrons. The first kappa shape index (κ1) is 12.4. The highest BCUT2D eigenvalue weighted by atomic mass is 28.3. The molecule has 15 heavy (non-hydrogen) atoms. The van der Waals surface area contributed by atoms with E-state index in [1.54, 1.807) is 6.07 Å². The maximum atomic E-state index is 9.00. The molecule has 0 spiro atoms. The third kappa shape index (κ3) is 4.17. The van der Waals surface area contributed by atoms with Crippen LogP contribution in [0.3, 0.4) is 0 Å². The molecule has 0 aliphatic rings. The second-order valence-corrected chi connectivity index (χ2v) is 10.1. The van der Waals surface area contributed by atoms with Gasteiger partial charge in [-0.1, -0.05) is 19.6 Å². The number of nitrogens with zero attached hydrogens (tertiary/aromatic N) is 2. The Balaban J connectivity index is 2.47. The molecule has 0 saturated carbocycles. The Bertz CT molecular complexity index is 311. The normalized spacial score (nSPS) is 11.8. The van der Waals surface area contributed by atoms with Crippen LogP contribution in [0.5, 0.6) is 0 Å². The molecule has 1 aromatic rings. The Labute approximate surface area is 90.8 Å². The van der Waals surface area contributed by atoms with Crippen molar-refractivity contribution in [3.8, 4) is 0 Å². The van der Waals surface area contributed by atoms with E-state index >= 15 is 0 Å². The molecule has 0 amide bonds. The molecule has 0 fully saturated rings. The molecule has 0 radical (unpaired) electrons. The van der Waals surface area contributed by atoms with Gasteiger partial charge in [0.1, 0.15) is 6.73 Å². The van der Waals surface area contributed by atoms with Crippen LogP contribution >= 0.6 is 0 Å². The van der Waals surface area contributed by atoms with Crippen molar-refractivity contribution in [2.75, 3.05) is 6.23 Å². The summed E-state index contributed by atoms with van der Waals surface area (Å²) in [4.78, 5) is 0. The summed E-state index contributed by atoms with van der Waals surface area (Å²) < 4.78 is 6.92. The van der Waals surface area contributed by atoms with Gasteiger partial charge in [-0.15, -0.1) is 0 Å². The van der Waals surface area contributed by atoms with Crippen LogP contribution in [0.4, 0.5) is 0 Å². The minimum atomic E-state index is -1.50. The Morgan fingerprint density at radius 2 is 2.13 bits per heavy atom. The fourth-order valence-electron chi connectivity index (χ4n) is 1.11. The summed E-state index contributed by atoms with van der Waals surface area (Å²) in [6.07, 6.45) is 2.25. The van der Waals surface area contributed by atoms with Crippen molar-refractivity contribution >= 4 is 20.8 Å². The van der Waals surface area contributed by atoms with Gasteiger partial charge < -0.3 is 14.8 Å². The molecule has 0 aliphatic heterocycles. The van der Waals surface area contributed by atoms with Gasteiger partial charge >= 0.3 is 7.12 Å². The Hall–Kier alpha value is -0.628. The van der Waals surface area contributed by atoms with Crippen LogP contribution in [0.25, 0.3) is 0 Å². The van der Waals surface area contributed by atoms with Gasteiger partial charge in [-0.3, -0.25) is 0 Å². The third-order valence-electron chi connectivity index (χ3n) is 1.76. The van der Waals surface area contributed by atoms with Crippen molar-refractivity contribution in [2.45, 2.75) is 26.4 Å². The van der Waals surface area contributed by atoms with Crippen LogP contribution in [0, 0.1) is 0 Å². The van der Waals surface area contributed by atoms with Gasteiger partial charge in [0.05, 0.1) is 13.7 Å². The Morgan fingerprint density at radius 3 is 2.67 bits per heavy atom. The van der Waals surface area contributed by atoms with Crippen LogP contribution in [-0.2, 0) is 11.5 Å². The quantitative estimate of drug-likeness (QED) is 0.661. The van der Waals surface area contributed by atoms with E-state index in [0.29, 0.717) is 5.59 Å². The van der Waals surface area contributed by atoms with E-state index in [0.717, 1.165) is 6.23 Å². The van der Waals surface area contributed by atoms with Crippen molar-refractivity contribution in [3.63, 3.8) is 0 Å². The molecule has 0 aliphatic carbocycles. The number of ether oxygens (including phenoxy) is 1. The monoisotopic (exact) mass is 228 g/mol. The average molecular weight is 228 g/mol. The lowest BCUT2D eigenvalue weighted by atomic mass is 9.86. The maximum absolute atomic E-state index is 9.00. The van der Waals surface area contributed by atoms with E-state index in [1.807, 2.05) is 0 Å². The second-order valence-electron chi connectivity index (χ2n) is 4.67. The van der Waals surface area contributed by atoms with Crippen molar-refractivity contribution in [1.82, 2.24) is 9.78 Å². The van der Waals surface area contributed by atoms with E-state index in [4.69, 9.17) is 14.8 Å². The van der Waals surface area contributed by atoms with Gasteiger partial charge in [0.2, 0.25) is 0 Å². The zero-order valence-corrected chi connectivity index (χ0v) is 10.3. The van der Waals surface area contributed by atoms with E-state index < -0.39 is 15.2 Å². The SMILES string of the molecule is C[Si](C)(C)COCn1nccc1B(O)O. The van der Waals surface area contributed by atoms with E-state index in [-0.39, 0.29) is 6.73 Å². The zero-order valence-electron chi connectivity index (χ0n) is 9.34. The Morgan fingerprint density at radius 1 is 1.47 bits per heavy atom. The fraction of sp³-hybridized carbons (Fsp3) is 0.625. The van der Waals surface area contributed by atoms with Crippen LogP contribution in [0.1, 0.15) is 0 Å². The van der Waals surface area contributed by atoms with Crippen molar-refractivity contribution in [1.29, 1.82) is 0 Å². The van der Waals surface area contributed by atoms with Crippen LogP contribution < -0.4 is 5.59 Å². The largest absolute Gasteiger partial charge is 0.507 e. The molecule has 7 heteroatoms. The van der Waals surface area contributed by atoms with E-state index in [2.05, 4.69) is 24.7 Å². The molecule has 0 bridgehead atoms. The molecular formula is C8H17BN2O3Si. The molecule has 5 nitrogen and oxygen atoms in total. The van der Waals surface area contributed by atoms with Gasteiger partial charge in [-0.05, 0) is 6.07 Å². The lowest BCUT2D eigenvalue weighted by Gasteiger charge is -2.16. The van der Waals surface area contributed by atoms with Crippen molar-refractivity contribution < 1.29 is 14.8 Å². The maximum Gasteiger partial charge on any atom is 0.507 e. The standard InChI is InChI=1S/C8H17BN2O3Si/c1-15(2,3)7-14-6-11-8(9(12)13)4-5-10-11/h4-5,12-13H,6-7H2,1-3H3. The number of hydrogen-bond donors (Lipinski definition) is 2. The zero-order chi connectivity index (χ0) is 11.5. The summed E-state index contributed by atoms with van der Waals surface area (Å²) in [5.41, 5.74) is 0.352. The van der Waals surface area contributed by atoms with Crippen LogP contribution in [0.15, 0.2) is 12.3 Å². The van der Waals surface area contributed by atoms with Crippen molar-refractivity contribution in [3.05, 3.63) is 12.3 Å². The first-order valence-corrected chi connectivity index (χ1v) is 8.56. The molecule has 1 aromatic heterocycles.